The predicted molar refractivity (Wildman–Crippen MR) is 113 cm³/mol. The van der Waals surface area contributed by atoms with E-state index in [1.165, 1.54) is 0 Å². The van der Waals surface area contributed by atoms with E-state index in [9.17, 15) is 9.90 Å². The van der Waals surface area contributed by atoms with Crippen LogP contribution in [0, 0.1) is 0 Å². The number of hydrogen-bond acceptors (Lipinski definition) is 4. The highest BCUT2D eigenvalue weighted by atomic mass is 16.5. The highest BCUT2D eigenvalue weighted by Crippen LogP contribution is 2.39. The standard InChI is InChI=1S/C24H27NO4/c1-17(26)24(10-12-28-13-11-24)20-4-3-5-21(15-20)29-16-18-6-8-22-19(14-18)7-9-23(27)25(22)2/h3-9,14-15,17,26H,10-13,16H2,1-2H3. The van der Waals surface area contributed by atoms with Gasteiger partial charge in [-0.25, -0.2) is 0 Å². The van der Waals surface area contributed by atoms with Crippen LogP contribution in [0.1, 0.15) is 30.9 Å². The van der Waals surface area contributed by atoms with Crippen LogP contribution in [0.4, 0.5) is 0 Å². The van der Waals surface area contributed by atoms with Gasteiger partial charge in [0.15, 0.2) is 0 Å². The lowest BCUT2D eigenvalue weighted by Gasteiger charge is -2.40. The van der Waals surface area contributed by atoms with Crippen molar-refractivity contribution in [1.29, 1.82) is 0 Å². The number of aliphatic hydroxyl groups excluding tert-OH is 1. The average Bonchev–Trinajstić information content (AvgIpc) is 2.75. The predicted octanol–water partition coefficient (Wildman–Crippen LogP) is 3.55. The highest BCUT2D eigenvalue weighted by Gasteiger charge is 2.39. The first-order chi connectivity index (χ1) is 14.0. The molecule has 1 fully saturated rings. The minimum atomic E-state index is -0.450. The fourth-order valence-corrected chi connectivity index (χ4v) is 4.27. The zero-order valence-corrected chi connectivity index (χ0v) is 16.9. The monoisotopic (exact) mass is 393 g/mol. The molecule has 0 saturated carbocycles. The summed E-state index contributed by atoms with van der Waals surface area (Å²) in [6.07, 6.45) is 1.16. The van der Waals surface area contributed by atoms with Gasteiger partial charge in [-0.15, -0.1) is 0 Å². The Morgan fingerprint density at radius 2 is 1.93 bits per heavy atom. The van der Waals surface area contributed by atoms with Crippen LogP contribution in [-0.4, -0.2) is 29.0 Å². The average molecular weight is 393 g/mol. The molecule has 152 valence electrons. The Morgan fingerprint density at radius 1 is 1.14 bits per heavy atom. The molecule has 5 heteroatoms. The Morgan fingerprint density at radius 3 is 2.69 bits per heavy atom. The first-order valence-electron chi connectivity index (χ1n) is 10.1. The second-order valence-electron chi connectivity index (χ2n) is 7.88. The van der Waals surface area contributed by atoms with Gasteiger partial charge in [0, 0.05) is 31.7 Å². The Balaban J connectivity index is 1.55. The molecule has 0 aliphatic carbocycles. The second-order valence-corrected chi connectivity index (χ2v) is 7.88. The van der Waals surface area contributed by atoms with Crippen molar-refractivity contribution in [2.45, 2.75) is 37.9 Å². The Hall–Kier alpha value is -2.63. The van der Waals surface area contributed by atoms with Crippen molar-refractivity contribution in [1.82, 2.24) is 4.57 Å². The number of aromatic nitrogens is 1. The molecule has 0 spiro atoms. The SMILES string of the molecule is CC(O)C1(c2cccc(OCc3ccc4c(ccc(=O)n4C)c3)c2)CCOCC1. The van der Waals surface area contributed by atoms with Gasteiger partial charge in [-0.05, 0) is 66.6 Å². The molecule has 1 N–H and O–H groups in total. The maximum absolute atomic E-state index is 11.8. The van der Waals surface area contributed by atoms with E-state index in [-0.39, 0.29) is 11.0 Å². The summed E-state index contributed by atoms with van der Waals surface area (Å²) in [7, 11) is 1.78. The molecule has 1 unspecified atom stereocenters. The minimum Gasteiger partial charge on any atom is -0.489 e. The molecule has 1 atom stereocenters. The van der Waals surface area contributed by atoms with E-state index in [2.05, 4.69) is 6.07 Å². The molecule has 1 aliphatic rings. The third kappa shape index (κ3) is 3.80. The van der Waals surface area contributed by atoms with E-state index in [0.29, 0.717) is 19.8 Å². The normalized spacial score (nSPS) is 17.2. The molecular weight excluding hydrogens is 366 g/mol. The Bertz CT molecular complexity index is 1060. The lowest BCUT2D eigenvalue weighted by Crippen LogP contribution is -2.42. The highest BCUT2D eigenvalue weighted by molar-refractivity contribution is 5.79. The van der Waals surface area contributed by atoms with Crippen molar-refractivity contribution in [2.75, 3.05) is 13.2 Å². The molecule has 0 amide bonds. The zero-order valence-electron chi connectivity index (χ0n) is 16.9. The summed E-state index contributed by atoms with van der Waals surface area (Å²) < 4.78 is 13.2. The fraction of sp³-hybridized carbons (Fsp3) is 0.375. The summed E-state index contributed by atoms with van der Waals surface area (Å²) >= 11 is 0. The molecule has 5 nitrogen and oxygen atoms in total. The number of ether oxygens (including phenoxy) is 2. The number of nitrogens with zero attached hydrogens (tertiary/aromatic N) is 1. The van der Waals surface area contributed by atoms with Gasteiger partial charge in [0.05, 0.1) is 11.6 Å². The van der Waals surface area contributed by atoms with Gasteiger partial charge in [0.1, 0.15) is 12.4 Å². The van der Waals surface area contributed by atoms with Crippen molar-refractivity contribution >= 4 is 10.9 Å². The molecule has 1 aromatic heterocycles. The first kappa shape index (κ1) is 19.7. The quantitative estimate of drug-likeness (QED) is 0.720. The zero-order chi connectivity index (χ0) is 20.4. The van der Waals surface area contributed by atoms with Crippen LogP contribution in [0.3, 0.4) is 0 Å². The largest absolute Gasteiger partial charge is 0.489 e. The van der Waals surface area contributed by atoms with Crippen molar-refractivity contribution in [3.63, 3.8) is 0 Å². The molecule has 3 aromatic rings. The van der Waals surface area contributed by atoms with Crippen LogP contribution in [0.15, 0.2) is 59.4 Å². The van der Waals surface area contributed by atoms with E-state index in [4.69, 9.17) is 9.47 Å². The fourth-order valence-electron chi connectivity index (χ4n) is 4.27. The van der Waals surface area contributed by atoms with Gasteiger partial charge < -0.3 is 19.1 Å². The molecule has 29 heavy (non-hydrogen) atoms. The maximum Gasteiger partial charge on any atom is 0.250 e. The number of fused-ring (bicyclic) bond motifs is 1. The third-order valence-corrected chi connectivity index (χ3v) is 6.19. The van der Waals surface area contributed by atoms with Crippen LogP contribution in [0.25, 0.3) is 10.9 Å². The van der Waals surface area contributed by atoms with Crippen LogP contribution in [0.5, 0.6) is 5.75 Å². The molecular formula is C24H27NO4. The molecule has 1 aliphatic heterocycles. The van der Waals surface area contributed by atoms with Crippen molar-refractivity contribution in [2.24, 2.45) is 7.05 Å². The summed E-state index contributed by atoms with van der Waals surface area (Å²) in [5.74, 6) is 0.787. The first-order valence-corrected chi connectivity index (χ1v) is 10.1. The number of benzene rings is 2. The van der Waals surface area contributed by atoms with E-state index in [1.54, 1.807) is 17.7 Å². The summed E-state index contributed by atoms with van der Waals surface area (Å²) in [5, 5.41) is 11.5. The summed E-state index contributed by atoms with van der Waals surface area (Å²) in [4.78, 5) is 11.8. The number of aliphatic hydroxyl groups is 1. The number of rotatable bonds is 5. The summed E-state index contributed by atoms with van der Waals surface area (Å²) in [5.41, 5.74) is 2.74. The third-order valence-electron chi connectivity index (χ3n) is 6.19. The van der Waals surface area contributed by atoms with E-state index in [1.807, 2.05) is 49.4 Å². The van der Waals surface area contributed by atoms with Crippen molar-refractivity contribution < 1.29 is 14.6 Å². The van der Waals surface area contributed by atoms with Gasteiger partial charge in [0.25, 0.3) is 5.56 Å². The van der Waals surface area contributed by atoms with Gasteiger partial charge in [-0.3, -0.25) is 4.79 Å². The molecule has 1 saturated heterocycles. The lowest BCUT2D eigenvalue weighted by molar-refractivity contribution is -0.00847. The minimum absolute atomic E-state index is 0.0153. The summed E-state index contributed by atoms with van der Waals surface area (Å²) in [6.45, 7) is 3.62. The van der Waals surface area contributed by atoms with Crippen LogP contribution >= 0.6 is 0 Å². The molecule has 4 rings (SSSR count). The topological polar surface area (TPSA) is 60.7 Å². The Labute approximate surface area is 170 Å². The van der Waals surface area contributed by atoms with Crippen LogP contribution in [-0.2, 0) is 23.8 Å². The van der Waals surface area contributed by atoms with Gasteiger partial charge in [-0.1, -0.05) is 18.2 Å². The molecule has 0 radical (unpaired) electrons. The lowest BCUT2D eigenvalue weighted by atomic mass is 9.70. The van der Waals surface area contributed by atoms with Crippen molar-refractivity contribution in [3.05, 3.63) is 76.1 Å². The van der Waals surface area contributed by atoms with E-state index in [0.717, 1.165) is 40.6 Å². The van der Waals surface area contributed by atoms with Crippen molar-refractivity contribution in [3.8, 4) is 5.75 Å². The van der Waals surface area contributed by atoms with E-state index >= 15 is 0 Å². The van der Waals surface area contributed by atoms with Gasteiger partial charge in [-0.2, -0.15) is 0 Å². The maximum atomic E-state index is 11.8. The molecule has 2 aromatic carbocycles. The number of pyridine rings is 1. The van der Waals surface area contributed by atoms with Gasteiger partial charge in [0.2, 0.25) is 0 Å². The summed E-state index contributed by atoms with van der Waals surface area (Å²) in [6, 6.07) is 17.5. The van der Waals surface area contributed by atoms with Crippen LogP contribution in [0.2, 0.25) is 0 Å². The molecule has 2 heterocycles. The number of hydrogen-bond donors (Lipinski definition) is 1. The van der Waals surface area contributed by atoms with E-state index < -0.39 is 6.10 Å². The van der Waals surface area contributed by atoms with Crippen LogP contribution < -0.4 is 10.3 Å². The second kappa shape index (κ2) is 8.01. The number of aryl methyl sites for hydroxylation is 1. The molecule has 0 bridgehead atoms. The Kier molecular flexibility index (Phi) is 5.43. The smallest absolute Gasteiger partial charge is 0.250 e. The van der Waals surface area contributed by atoms with Gasteiger partial charge >= 0.3 is 0 Å².